The van der Waals surface area contributed by atoms with Crippen LogP contribution in [0.25, 0.3) is 0 Å². The Hall–Kier alpha value is -3.67. The lowest BCUT2D eigenvalue weighted by atomic mass is 10.0. The third-order valence-electron chi connectivity index (χ3n) is 5.89. The lowest BCUT2D eigenvalue weighted by Crippen LogP contribution is -2.56. The number of carbonyl (C=O) groups excluding carboxylic acids is 4. The zero-order valence-electron chi connectivity index (χ0n) is 20.6. The highest BCUT2D eigenvalue weighted by Crippen LogP contribution is 2.27. The number of carbonyl (C=O) groups is 4. The van der Waals surface area contributed by atoms with Gasteiger partial charge in [-0.3, -0.25) is 19.2 Å². The number of thiazole rings is 1. The number of phenolic OH excluding ortho intramolecular Hbond substituents is 1. The SMILES string of the molecule is CC(C)[C@H]1Nc2ncc(s2)Cc2cc(ccc2O)C[C@@H](C(N)=O)NC(=O)[C@H](C)NC(=O)[C@H](C)NC1=O. The van der Waals surface area contributed by atoms with Crippen molar-refractivity contribution in [2.45, 2.75) is 64.7 Å². The van der Waals surface area contributed by atoms with E-state index in [1.165, 1.54) is 31.3 Å². The van der Waals surface area contributed by atoms with Crippen LogP contribution in [0.3, 0.4) is 0 Å². The molecule has 36 heavy (non-hydrogen) atoms. The average molecular weight is 517 g/mol. The number of nitrogens with one attached hydrogen (secondary N) is 4. The molecule has 0 fully saturated rings. The zero-order chi connectivity index (χ0) is 26.6. The lowest BCUT2D eigenvalue weighted by Gasteiger charge is -2.24. The molecule has 4 atom stereocenters. The summed E-state index contributed by atoms with van der Waals surface area (Å²) >= 11 is 1.35. The fourth-order valence-electron chi connectivity index (χ4n) is 3.75. The number of hydrogen-bond acceptors (Lipinski definition) is 8. The molecular formula is C24H32N6O5S. The molecule has 0 saturated carbocycles. The van der Waals surface area contributed by atoms with Crippen molar-refractivity contribution < 1.29 is 24.3 Å². The van der Waals surface area contributed by atoms with Crippen LogP contribution in [0.2, 0.25) is 0 Å². The van der Waals surface area contributed by atoms with E-state index in [1.807, 2.05) is 13.8 Å². The summed E-state index contributed by atoms with van der Waals surface area (Å²) in [5, 5.41) is 21.9. The highest BCUT2D eigenvalue weighted by Gasteiger charge is 2.29. The van der Waals surface area contributed by atoms with E-state index < -0.39 is 47.8 Å². The molecule has 4 bridgehead atoms. The van der Waals surface area contributed by atoms with Gasteiger partial charge in [0.25, 0.3) is 0 Å². The summed E-state index contributed by atoms with van der Waals surface area (Å²) in [7, 11) is 0. The highest BCUT2D eigenvalue weighted by molar-refractivity contribution is 7.15. The number of primary amides is 1. The minimum Gasteiger partial charge on any atom is -0.508 e. The maximum Gasteiger partial charge on any atom is 0.243 e. The second-order valence-corrected chi connectivity index (χ2v) is 10.4. The fraction of sp³-hybridized carbons (Fsp3) is 0.458. The van der Waals surface area contributed by atoms with Crippen molar-refractivity contribution in [1.82, 2.24) is 20.9 Å². The zero-order valence-corrected chi connectivity index (χ0v) is 21.4. The molecule has 11 nitrogen and oxygen atoms in total. The summed E-state index contributed by atoms with van der Waals surface area (Å²) < 4.78 is 0. The van der Waals surface area contributed by atoms with Gasteiger partial charge in [-0.15, -0.1) is 11.3 Å². The molecule has 1 aromatic carbocycles. The van der Waals surface area contributed by atoms with Gasteiger partial charge in [0.1, 0.15) is 29.9 Å². The fourth-order valence-corrected chi connectivity index (χ4v) is 4.62. The molecule has 3 rings (SSSR count). The Morgan fingerprint density at radius 1 is 1.06 bits per heavy atom. The van der Waals surface area contributed by atoms with E-state index in [0.29, 0.717) is 22.7 Å². The molecule has 0 aliphatic carbocycles. The van der Waals surface area contributed by atoms with Crippen molar-refractivity contribution in [1.29, 1.82) is 0 Å². The van der Waals surface area contributed by atoms with E-state index in [9.17, 15) is 24.3 Å². The summed E-state index contributed by atoms with van der Waals surface area (Å²) in [6, 6.07) is 1.34. The molecule has 12 heteroatoms. The van der Waals surface area contributed by atoms with Crippen LogP contribution < -0.4 is 27.0 Å². The van der Waals surface area contributed by atoms with Gasteiger partial charge >= 0.3 is 0 Å². The first-order chi connectivity index (χ1) is 16.9. The van der Waals surface area contributed by atoms with Crippen LogP contribution in [0.1, 0.15) is 43.7 Å². The molecule has 0 saturated heterocycles. The van der Waals surface area contributed by atoms with E-state index in [0.717, 1.165) is 4.88 Å². The Bertz CT molecular complexity index is 1150. The molecule has 1 aliphatic heterocycles. The van der Waals surface area contributed by atoms with Crippen molar-refractivity contribution in [2.24, 2.45) is 11.7 Å². The maximum atomic E-state index is 13.0. The number of fused-ring (bicyclic) bond motifs is 4. The number of benzene rings is 1. The molecule has 1 aromatic heterocycles. The average Bonchev–Trinajstić information content (AvgIpc) is 3.24. The van der Waals surface area contributed by atoms with Crippen molar-refractivity contribution in [3.63, 3.8) is 0 Å². The van der Waals surface area contributed by atoms with Gasteiger partial charge < -0.3 is 32.1 Å². The molecule has 2 heterocycles. The summed E-state index contributed by atoms with van der Waals surface area (Å²) in [6.45, 7) is 6.73. The second-order valence-electron chi connectivity index (χ2n) is 9.27. The summed E-state index contributed by atoms with van der Waals surface area (Å²) in [4.78, 5) is 55.6. The molecule has 1 aliphatic rings. The van der Waals surface area contributed by atoms with Crippen LogP contribution in [-0.4, -0.2) is 57.9 Å². The third-order valence-corrected chi connectivity index (χ3v) is 6.82. The number of nitrogens with two attached hydrogens (primary N) is 1. The molecule has 2 aromatic rings. The Morgan fingerprint density at radius 2 is 1.69 bits per heavy atom. The summed E-state index contributed by atoms with van der Waals surface area (Å²) in [5.74, 6) is -2.31. The smallest absolute Gasteiger partial charge is 0.243 e. The minimum absolute atomic E-state index is 0.0805. The minimum atomic E-state index is -1.03. The summed E-state index contributed by atoms with van der Waals surface area (Å²) in [5.41, 5.74) is 6.83. The van der Waals surface area contributed by atoms with Crippen molar-refractivity contribution in [3.8, 4) is 5.75 Å². The first-order valence-corrected chi connectivity index (χ1v) is 12.5. The number of hydrogen-bond donors (Lipinski definition) is 6. The van der Waals surface area contributed by atoms with Gasteiger partial charge in [0, 0.05) is 23.9 Å². The molecule has 194 valence electrons. The van der Waals surface area contributed by atoms with Crippen LogP contribution in [-0.2, 0) is 32.0 Å². The summed E-state index contributed by atoms with van der Waals surface area (Å²) in [6.07, 6.45) is 2.14. The van der Waals surface area contributed by atoms with Crippen LogP contribution in [0.5, 0.6) is 5.75 Å². The Labute approximate surface area is 213 Å². The molecular weight excluding hydrogens is 484 g/mol. The Kier molecular flexibility index (Phi) is 8.51. The molecule has 0 unspecified atom stereocenters. The van der Waals surface area contributed by atoms with Crippen LogP contribution >= 0.6 is 11.3 Å². The second kappa shape index (κ2) is 11.4. The van der Waals surface area contributed by atoms with Gasteiger partial charge in [-0.1, -0.05) is 26.0 Å². The predicted octanol–water partition coefficient (Wildman–Crippen LogP) is 0.412. The number of phenols is 1. The van der Waals surface area contributed by atoms with Crippen LogP contribution in [0, 0.1) is 5.92 Å². The first kappa shape index (κ1) is 26.9. The van der Waals surface area contributed by atoms with Crippen molar-refractivity contribution in [3.05, 3.63) is 40.4 Å². The van der Waals surface area contributed by atoms with Crippen LogP contribution in [0.4, 0.5) is 5.13 Å². The number of nitrogens with zero attached hydrogens (tertiary/aromatic N) is 1. The first-order valence-electron chi connectivity index (χ1n) is 11.7. The normalized spacial score (nSPS) is 23.9. The van der Waals surface area contributed by atoms with Gasteiger partial charge in [0.2, 0.25) is 23.6 Å². The van der Waals surface area contributed by atoms with Crippen molar-refractivity contribution in [2.75, 3.05) is 5.32 Å². The standard InChI is InChI=1S/C24H32N6O5S/c1-11(2)19-23(35)28-12(3)21(33)27-13(4)22(34)29-17(20(25)32)8-14-5-6-18(31)15(7-14)9-16-10-26-24(30-19)36-16/h5-7,10-13,17,19,31H,8-9H2,1-4H3,(H2,25,32)(H,26,30)(H,27,33)(H,28,35)(H,29,34)/t12-,13-,17-,19+/m0/s1. The Morgan fingerprint density at radius 3 is 2.33 bits per heavy atom. The highest BCUT2D eigenvalue weighted by atomic mass is 32.1. The van der Waals surface area contributed by atoms with Gasteiger partial charge in [-0.25, -0.2) is 4.98 Å². The molecule has 4 amide bonds. The predicted molar refractivity (Wildman–Crippen MR) is 135 cm³/mol. The van der Waals surface area contributed by atoms with E-state index in [1.54, 1.807) is 18.3 Å². The molecule has 7 N–H and O–H groups in total. The van der Waals surface area contributed by atoms with Crippen molar-refractivity contribution >= 4 is 40.1 Å². The van der Waals surface area contributed by atoms with Gasteiger partial charge in [0.05, 0.1) is 0 Å². The Balaban J connectivity index is 1.97. The quantitative estimate of drug-likeness (QED) is 0.335. The number of aromatic hydroxyl groups is 1. The van der Waals surface area contributed by atoms with E-state index in [4.69, 9.17) is 5.73 Å². The third kappa shape index (κ3) is 6.72. The number of aromatic nitrogens is 1. The largest absolute Gasteiger partial charge is 0.508 e. The van der Waals surface area contributed by atoms with E-state index >= 15 is 0 Å². The topological polar surface area (TPSA) is 176 Å². The van der Waals surface area contributed by atoms with E-state index in [-0.39, 0.29) is 18.1 Å². The number of rotatable bonds is 2. The van der Waals surface area contributed by atoms with Crippen LogP contribution in [0.15, 0.2) is 24.4 Å². The number of anilines is 1. The number of amides is 4. The molecule has 0 radical (unpaired) electrons. The monoisotopic (exact) mass is 516 g/mol. The lowest BCUT2D eigenvalue weighted by molar-refractivity contribution is -0.133. The van der Waals surface area contributed by atoms with Gasteiger partial charge in [0.15, 0.2) is 5.13 Å². The molecule has 0 spiro atoms. The van der Waals surface area contributed by atoms with Gasteiger partial charge in [-0.05, 0) is 37.0 Å². The maximum absolute atomic E-state index is 13.0. The van der Waals surface area contributed by atoms with Gasteiger partial charge in [-0.2, -0.15) is 0 Å². The van der Waals surface area contributed by atoms with E-state index in [2.05, 4.69) is 26.3 Å².